The fourth-order valence-electron chi connectivity index (χ4n) is 2.73. The summed E-state index contributed by atoms with van der Waals surface area (Å²) in [6.45, 7) is 5.04. The summed E-state index contributed by atoms with van der Waals surface area (Å²) in [7, 11) is 1.76. The lowest BCUT2D eigenvalue weighted by molar-refractivity contribution is -0.123. The minimum atomic E-state index is 0. The van der Waals surface area contributed by atoms with Crippen LogP contribution in [0.1, 0.15) is 33.1 Å². The largest absolute Gasteiger partial charge is 0.373 e. The van der Waals surface area contributed by atoms with Crippen LogP contribution >= 0.6 is 24.0 Å². The number of amides is 1. The number of guanidine groups is 1. The Balaban J connectivity index is 0.00000220. The highest BCUT2D eigenvalue weighted by Crippen LogP contribution is 2.34. The van der Waals surface area contributed by atoms with Gasteiger partial charge in [-0.2, -0.15) is 0 Å². The van der Waals surface area contributed by atoms with E-state index in [0.29, 0.717) is 31.3 Å². The van der Waals surface area contributed by atoms with Gasteiger partial charge in [0.1, 0.15) is 0 Å². The second kappa shape index (κ2) is 8.77. The fourth-order valence-corrected chi connectivity index (χ4v) is 2.73. The SMILES string of the molecule is CN=C(NCCNC(=O)C(C)C)NC1CC2CCC1O2.I. The zero-order valence-corrected chi connectivity index (χ0v) is 15.3. The summed E-state index contributed by atoms with van der Waals surface area (Å²) in [5.74, 6) is 0.889. The zero-order chi connectivity index (χ0) is 14.5. The Labute approximate surface area is 143 Å². The average Bonchev–Trinajstić information content (AvgIpc) is 3.04. The van der Waals surface area contributed by atoms with Crippen LogP contribution in [0.15, 0.2) is 4.99 Å². The van der Waals surface area contributed by atoms with Gasteiger partial charge in [0.25, 0.3) is 0 Å². The van der Waals surface area contributed by atoms with Crippen molar-refractivity contribution >= 4 is 35.8 Å². The van der Waals surface area contributed by atoms with Gasteiger partial charge in [-0.05, 0) is 19.3 Å². The van der Waals surface area contributed by atoms with Crippen molar-refractivity contribution < 1.29 is 9.53 Å². The Bertz CT molecular complexity index is 376. The van der Waals surface area contributed by atoms with Crippen LogP contribution in [0.4, 0.5) is 0 Å². The maximum absolute atomic E-state index is 11.4. The second-order valence-electron chi connectivity index (χ2n) is 5.81. The summed E-state index contributed by atoms with van der Waals surface area (Å²) >= 11 is 0. The molecule has 0 spiro atoms. The van der Waals surface area contributed by atoms with Crippen molar-refractivity contribution in [1.82, 2.24) is 16.0 Å². The van der Waals surface area contributed by atoms with E-state index in [1.807, 2.05) is 13.8 Å². The highest BCUT2D eigenvalue weighted by atomic mass is 127. The molecule has 21 heavy (non-hydrogen) atoms. The average molecular weight is 410 g/mol. The van der Waals surface area contributed by atoms with Crippen LogP contribution in [-0.4, -0.2) is 50.3 Å². The molecule has 2 rings (SSSR count). The minimum Gasteiger partial charge on any atom is -0.373 e. The van der Waals surface area contributed by atoms with Crippen molar-refractivity contribution in [3.8, 4) is 0 Å². The Kier molecular flexibility index (Phi) is 7.72. The lowest BCUT2D eigenvalue weighted by Gasteiger charge is -2.22. The van der Waals surface area contributed by atoms with Crippen molar-refractivity contribution in [1.29, 1.82) is 0 Å². The summed E-state index contributed by atoms with van der Waals surface area (Å²) in [5, 5.41) is 9.50. The third-order valence-electron chi connectivity index (χ3n) is 3.89. The number of rotatable bonds is 5. The minimum absolute atomic E-state index is 0. The number of hydrogen-bond acceptors (Lipinski definition) is 3. The highest BCUT2D eigenvalue weighted by Gasteiger charge is 2.41. The van der Waals surface area contributed by atoms with Gasteiger partial charge in [-0.1, -0.05) is 13.8 Å². The number of halogens is 1. The molecule has 2 saturated heterocycles. The molecule has 0 saturated carbocycles. The van der Waals surface area contributed by atoms with Gasteiger partial charge in [-0.3, -0.25) is 9.79 Å². The number of nitrogens with zero attached hydrogens (tertiary/aromatic N) is 1. The molecule has 2 aliphatic rings. The molecular formula is C14H27IN4O2. The molecule has 122 valence electrons. The number of nitrogens with one attached hydrogen (secondary N) is 3. The van der Waals surface area contributed by atoms with Gasteiger partial charge in [0.05, 0.1) is 18.2 Å². The maximum Gasteiger partial charge on any atom is 0.222 e. The van der Waals surface area contributed by atoms with Gasteiger partial charge in [0.2, 0.25) is 5.91 Å². The number of ether oxygens (including phenoxy) is 1. The number of aliphatic imine (C=N–C) groups is 1. The standard InChI is InChI=1S/C14H26N4O2.HI/c1-9(2)13(19)16-6-7-17-14(15-3)18-11-8-10-4-5-12(11)20-10;/h9-12H,4-8H2,1-3H3,(H,16,19)(H2,15,17,18);1H. The first kappa shape index (κ1) is 18.5. The molecule has 3 unspecified atom stereocenters. The van der Waals surface area contributed by atoms with Crippen LogP contribution in [0.5, 0.6) is 0 Å². The van der Waals surface area contributed by atoms with Crippen molar-refractivity contribution in [2.45, 2.75) is 51.4 Å². The topological polar surface area (TPSA) is 74.8 Å². The number of fused-ring (bicyclic) bond motifs is 2. The molecule has 1 amide bonds. The number of hydrogen-bond donors (Lipinski definition) is 3. The lowest BCUT2D eigenvalue weighted by atomic mass is 9.96. The Morgan fingerprint density at radius 1 is 1.29 bits per heavy atom. The van der Waals surface area contributed by atoms with Crippen molar-refractivity contribution in [3.05, 3.63) is 0 Å². The molecule has 0 radical (unpaired) electrons. The van der Waals surface area contributed by atoms with E-state index in [0.717, 1.165) is 18.8 Å². The van der Waals surface area contributed by atoms with E-state index in [-0.39, 0.29) is 35.8 Å². The van der Waals surface area contributed by atoms with Crippen LogP contribution in [0.3, 0.4) is 0 Å². The fraction of sp³-hybridized carbons (Fsp3) is 0.857. The van der Waals surface area contributed by atoms with Gasteiger partial charge in [-0.25, -0.2) is 0 Å². The smallest absolute Gasteiger partial charge is 0.222 e. The molecular weight excluding hydrogens is 383 g/mol. The van der Waals surface area contributed by atoms with E-state index >= 15 is 0 Å². The molecule has 3 N–H and O–H groups in total. The normalized spacial score (nSPS) is 27.4. The van der Waals surface area contributed by atoms with Crippen molar-refractivity contribution in [3.63, 3.8) is 0 Å². The van der Waals surface area contributed by atoms with Crippen LogP contribution in [0.25, 0.3) is 0 Å². The van der Waals surface area contributed by atoms with Gasteiger partial charge in [0.15, 0.2) is 5.96 Å². The van der Waals surface area contributed by atoms with Crippen molar-refractivity contribution in [2.75, 3.05) is 20.1 Å². The van der Waals surface area contributed by atoms with Crippen molar-refractivity contribution in [2.24, 2.45) is 10.9 Å². The quantitative estimate of drug-likeness (QED) is 0.272. The van der Waals surface area contributed by atoms with Gasteiger partial charge in [0, 0.05) is 26.1 Å². The molecule has 7 heteroatoms. The first-order chi connectivity index (χ1) is 9.60. The lowest BCUT2D eigenvalue weighted by Crippen LogP contribution is -2.49. The van der Waals surface area contributed by atoms with Gasteiger partial charge < -0.3 is 20.7 Å². The molecule has 6 nitrogen and oxygen atoms in total. The van der Waals surface area contributed by atoms with E-state index in [1.54, 1.807) is 7.05 Å². The molecule has 2 bridgehead atoms. The molecule has 2 fully saturated rings. The van der Waals surface area contributed by atoms with Crippen LogP contribution < -0.4 is 16.0 Å². The summed E-state index contributed by atoms with van der Waals surface area (Å²) < 4.78 is 5.81. The second-order valence-corrected chi connectivity index (χ2v) is 5.81. The molecule has 0 aromatic carbocycles. The summed E-state index contributed by atoms with van der Waals surface area (Å²) in [5.41, 5.74) is 0. The van der Waals surface area contributed by atoms with E-state index in [9.17, 15) is 4.79 Å². The van der Waals surface area contributed by atoms with Crippen LogP contribution in [-0.2, 0) is 9.53 Å². The monoisotopic (exact) mass is 410 g/mol. The first-order valence-electron chi connectivity index (χ1n) is 7.50. The first-order valence-corrected chi connectivity index (χ1v) is 7.50. The third-order valence-corrected chi connectivity index (χ3v) is 3.89. The molecule has 2 aliphatic heterocycles. The number of carbonyl (C=O) groups excluding carboxylic acids is 1. The molecule has 0 aromatic heterocycles. The van der Waals surface area contributed by atoms with E-state index in [2.05, 4.69) is 20.9 Å². The van der Waals surface area contributed by atoms with Crippen LogP contribution in [0, 0.1) is 5.92 Å². The van der Waals surface area contributed by atoms with E-state index in [4.69, 9.17) is 4.74 Å². The van der Waals surface area contributed by atoms with E-state index < -0.39 is 0 Å². The zero-order valence-electron chi connectivity index (χ0n) is 13.0. The Hall–Kier alpha value is -0.570. The maximum atomic E-state index is 11.4. The molecule has 2 heterocycles. The number of carbonyl (C=O) groups is 1. The molecule has 0 aromatic rings. The van der Waals surface area contributed by atoms with E-state index in [1.165, 1.54) is 6.42 Å². The van der Waals surface area contributed by atoms with Gasteiger partial charge in [-0.15, -0.1) is 24.0 Å². The predicted octanol–water partition coefficient (Wildman–Crippen LogP) is 0.861. The van der Waals surface area contributed by atoms with Crippen LogP contribution in [0.2, 0.25) is 0 Å². The Morgan fingerprint density at radius 3 is 2.52 bits per heavy atom. The molecule has 0 aliphatic carbocycles. The predicted molar refractivity (Wildman–Crippen MR) is 94.1 cm³/mol. The summed E-state index contributed by atoms with van der Waals surface area (Å²) in [6, 6.07) is 0.366. The molecule has 3 atom stereocenters. The summed E-state index contributed by atoms with van der Waals surface area (Å²) in [4.78, 5) is 15.6. The highest BCUT2D eigenvalue weighted by molar-refractivity contribution is 14.0. The van der Waals surface area contributed by atoms with Gasteiger partial charge >= 0.3 is 0 Å². The summed E-state index contributed by atoms with van der Waals surface area (Å²) in [6.07, 6.45) is 4.16. The Morgan fingerprint density at radius 2 is 2.00 bits per heavy atom. The third kappa shape index (κ3) is 5.28.